The summed E-state index contributed by atoms with van der Waals surface area (Å²) in [6.45, 7) is 0.617. The number of nitrogens with zero attached hydrogens (tertiary/aromatic N) is 1. The van der Waals surface area contributed by atoms with E-state index in [-0.39, 0.29) is 18.0 Å². The monoisotopic (exact) mass is 368 g/mol. The van der Waals surface area contributed by atoms with Crippen LogP contribution in [0.2, 0.25) is 0 Å². The number of likely N-dealkylation sites (N-methyl/N-ethyl adjacent to an activating group) is 1. The van der Waals surface area contributed by atoms with Crippen LogP contribution in [-0.2, 0) is 11.2 Å². The van der Waals surface area contributed by atoms with Crippen molar-refractivity contribution in [3.8, 4) is 5.75 Å². The van der Waals surface area contributed by atoms with Crippen molar-refractivity contribution in [2.45, 2.75) is 31.0 Å². The third-order valence-corrected chi connectivity index (χ3v) is 4.99. The summed E-state index contributed by atoms with van der Waals surface area (Å²) in [6, 6.07) is 17.9. The van der Waals surface area contributed by atoms with Crippen molar-refractivity contribution in [3.63, 3.8) is 0 Å². The molecule has 1 aliphatic heterocycles. The van der Waals surface area contributed by atoms with E-state index in [0.717, 1.165) is 17.7 Å². The predicted molar refractivity (Wildman–Crippen MR) is 106 cm³/mol. The first-order valence-corrected chi connectivity index (χ1v) is 9.26. The zero-order chi connectivity index (χ0) is 19.2. The van der Waals surface area contributed by atoms with E-state index in [1.165, 1.54) is 5.56 Å². The number of benzene rings is 2. The molecule has 3 rings (SSSR count). The van der Waals surface area contributed by atoms with Crippen LogP contribution in [0.15, 0.2) is 54.6 Å². The van der Waals surface area contributed by atoms with E-state index in [0.29, 0.717) is 13.0 Å². The lowest BCUT2D eigenvalue weighted by molar-refractivity contribution is -0.131. The van der Waals surface area contributed by atoms with Gasteiger partial charge in [-0.05, 0) is 36.1 Å². The number of carbonyl (C=O) groups excluding carboxylic acids is 1. The van der Waals surface area contributed by atoms with Crippen LogP contribution in [0.5, 0.6) is 5.75 Å². The molecule has 2 aromatic rings. The highest BCUT2D eigenvalue weighted by molar-refractivity contribution is 5.81. The summed E-state index contributed by atoms with van der Waals surface area (Å²) in [4.78, 5) is 14.4. The Labute approximate surface area is 160 Å². The van der Waals surface area contributed by atoms with Crippen molar-refractivity contribution in [1.29, 1.82) is 0 Å². The minimum atomic E-state index is -0.553. The average molecular weight is 368 g/mol. The molecule has 0 saturated carbocycles. The van der Waals surface area contributed by atoms with Gasteiger partial charge >= 0.3 is 0 Å². The van der Waals surface area contributed by atoms with Crippen LogP contribution in [0.1, 0.15) is 23.6 Å². The Balaban J connectivity index is 1.49. The number of hydrogen-bond donors (Lipinski definition) is 3. The molecule has 0 bridgehead atoms. The van der Waals surface area contributed by atoms with Crippen LogP contribution in [0, 0.1) is 0 Å². The van der Waals surface area contributed by atoms with E-state index < -0.39 is 6.04 Å². The predicted octanol–water partition coefficient (Wildman–Crippen LogP) is 1.63. The van der Waals surface area contributed by atoms with Gasteiger partial charge in [-0.3, -0.25) is 10.2 Å². The Bertz CT molecular complexity index is 736. The Morgan fingerprint density at radius 2 is 1.89 bits per heavy atom. The lowest BCUT2D eigenvalue weighted by Crippen LogP contribution is -2.47. The van der Waals surface area contributed by atoms with Crippen molar-refractivity contribution >= 4 is 5.91 Å². The lowest BCUT2D eigenvalue weighted by atomic mass is 10.0. The average Bonchev–Trinajstić information content (AvgIpc) is 3.17. The van der Waals surface area contributed by atoms with Crippen LogP contribution in [0.25, 0.3) is 0 Å². The minimum Gasteiger partial charge on any atom is -0.497 e. The standard InChI is InChI=1S/C21H28N4O2/c1-25(14-17-13-20(24-23-17)16-6-4-3-5-7-16)21(26)19(22)12-15-8-10-18(27-2)11-9-15/h3-11,17,19-20,23-24H,12-14,22H2,1-2H3/t17?,19-,20?/m0/s1. The molecule has 3 atom stereocenters. The van der Waals surface area contributed by atoms with Crippen LogP contribution in [0.3, 0.4) is 0 Å². The number of ether oxygens (including phenoxy) is 1. The fourth-order valence-electron chi connectivity index (χ4n) is 3.45. The van der Waals surface area contributed by atoms with Crippen LogP contribution >= 0.6 is 0 Å². The fourth-order valence-corrected chi connectivity index (χ4v) is 3.45. The van der Waals surface area contributed by atoms with Gasteiger partial charge in [-0.1, -0.05) is 42.5 Å². The molecule has 0 aromatic heterocycles. The highest BCUT2D eigenvalue weighted by atomic mass is 16.5. The fraction of sp³-hybridized carbons (Fsp3) is 0.381. The van der Waals surface area contributed by atoms with Crippen LogP contribution < -0.4 is 21.3 Å². The van der Waals surface area contributed by atoms with E-state index in [1.54, 1.807) is 12.0 Å². The Morgan fingerprint density at radius 3 is 2.56 bits per heavy atom. The molecule has 1 amide bonds. The molecule has 0 spiro atoms. The zero-order valence-electron chi connectivity index (χ0n) is 15.9. The van der Waals surface area contributed by atoms with Crippen molar-refractivity contribution in [2.75, 3.05) is 20.7 Å². The molecular formula is C21H28N4O2. The van der Waals surface area contributed by atoms with Gasteiger partial charge in [-0.15, -0.1) is 0 Å². The van der Waals surface area contributed by atoms with Crippen LogP contribution in [-0.4, -0.2) is 43.6 Å². The molecule has 1 aliphatic rings. The van der Waals surface area contributed by atoms with Gasteiger partial charge in [0.1, 0.15) is 5.75 Å². The smallest absolute Gasteiger partial charge is 0.239 e. The quantitative estimate of drug-likeness (QED) is 0.692. The molecule has 2 unspecified atom stereocenters. The number of amides is 1. The Kier molecular flexibility index (Phi) is 6.45. The van der Waals surface area contributed by atoms with E-state index >= 15 is 0 Å². The van der Waals surface area contributed by atoms with Gasteiger partial charge < -0.3 is 15.4 Å². The van der Waals surface area contributed by atoms with Crippen molar-refractivity contribution in [3.05, 3.63) is 65.7 Å². The number of nitrogens with one attached hydrogen (secondary N) is 2. The largest absolute Gasteiger partial charge is 0.497 e. The first-order valence-electron chi connectivity index (χ1n) is 9.26. The van der Waals surface area contributed by atoms with E-state index in [2.05, 4.69) is 23.0 Å². The highest BCUT2D eigenvalue weighted by Gasteiger charge is 2.28. The second-order valence-electron chi connectivity index (χ2n) is 7.06. The molecule has 27 heavy (non-hydrogen) atoms. The zero-order valence-corrected chi connectivity index (χ0v) is 15.9. The summed E-state index contributed by atoms with van der Waals surface area (Å²) in [5, 5.41) is 0. The summed E-state index contributed by atoms with van der Waals surface area (Å²) in [5.41, 5.74) is 15.0. The SMILES string of the molecule is COc1ccc(C[C@H](N)C(=O)N(C)CC2CC(c3ccccc3)NN2)cc1. The molecule has 4 N–H and O–H groups in total. The summed E-state index contributed by atoms with van der Waals surface area (Å²) in [5.74, 6) is 0.749. The Hall–Kier alpha value is -2.41. The number of rotatable bonds is 7. The number of carbonyl (C=O) groups is 1. The van der Waals surface area contributed by atoms with Gasteiger partial charge in [0.15, 0.2) is 0 Å². The van der Waals surface area contributed by atoms with Gasteiger partial charge in [0.05, 0.1) is 13.2 Å². The van der Waals surface area contributed by atoms with E-state index in [1.807, 2.05) is 49.5 Å². The molecule has 0 aliphatic carbocycles. The molecule has 0 radical (unpaired) electrons. The summed E-state index contributed by atoms with van der Waals surface area (Å²) < 4.78 is 5.16. The van der Waals surface area contributed by atoms with Gasteiger partial charge in [0, 0.05) is 25.7 Å². The number of nitrogens with two attached hydrogens (primary N) is 1. The summed E-state index contributed by atoms with van der Waals surface area (Å²) in [6.07, 6.45) is 1.44. The van der Waals surface area contributed by atoms with Gasteiger partial charge in [-0.25, -0.2) is 5.43 Å². The third kappa shape index (κ3) is 5.07. The molecule has 1 heterocycles. The number of methoxy groups -OCH3 is 1. The first-order chi connectivity index (χ1) is 13.1. The second kappa shape index (κ2) is 8.99. The Morgan fingerprint density at radius 1 is 1.19 bits per heavy atom. The topological polar surface area (TPSA) is 79.6 Å². The highest BCUT2D eigenvalue weighted by Crippen LogP contribution is 2.22. The molecule has 6 heteroatoms. The molecule has 6 nitrogen and oxygen atoms in total. The molecular weight excluding hydrogens is 340 g/mol. The van der Waals surface area contributed by atoms with Crippen molar-refractivity contribution in [2.24, 2.45) is 5.73 Å². The maximum absolute atomic E-state index is 12.6. The van der Waals surface area contributed by atoms with Crippen molar-refractivity contribution < 1.29 is 9.53 Å². The number of hydrazine groups is 1. The molecule has 1 fully saturated rings. The number of hydrogen-bond acceptors (Lipinski definition) is 5. The lowest BCUT2D eigenvalue weighted by Gasteiger charge is -2.24. The second-order valence-corrected chi connectivity index (χ2v) is 7.06. The summed E-state index contributed by atoms with van der Waals surface area (Å²) >= 11 is 0. The maximum atomic E-state index is 12.6. The third-order valence-electron chi connectivity index (χ3n) is 4.99. The molecule has 144 valence electrons. The van der Waals surface area contributed by atoms with E-state index in [9.17, 15) is 4.79 Å². The first kappa shape index (κ1) is 19.4. The van der Waals surface area contributed by atoms with E-state index in [4.69, 9.17) is 10.5 Å². The van der Waals surface area contributed by atoms with Crippen molar-refractivity contribution in [1.82, 2.24) is 15.8 Å². The van der Waals surface area contributed by atoms with Gasteiger partial charge in [0.25, 0.3) is 0 Å². The summed E-state index contributed by atoms with van der Waals surface area (Å²) in [7, 11) is 3.45. The minimum absolute atomic E-state index is 0.0456. The van der Waals surface area contributed by atoms with Gasteiger partial charge in [-0.2, -0.15) is 0 Å². The maximum Gasteiger partial charge on any atom is 0.239 e. The van der Waals surface area contributed by atoms with Gasteiger partial charge in [0.2, 0.25) is 5.91 Å². The molecule has 1 saturated heterocycles. The molecule has 2 aromatic carbocycles. The normalized spacial score (nSPS) is 20.3. The van der Waals surface area contributed by atoms with Crippen LogP contribution in [0.4, 0.5) is 0 Å².